The lowest BCUT2D eigenvalue weighted by Crippen LogP contribution is -2.52. The number of carbonyl (C=O) groups is 4. The third-order valence-corrected chi connectivity index (χ3v) is 4.60. The average molecular weight is 365 g/mol. The number of rotatable bonds is 3. The summed E-state index contributed by atoms with van der Waals surface area (Å²) in [4.78, 5) is 57.3. The van der Waals surface area contributed by atoms with Crippen LogP contribution >= 0.6 is 0 Å². The number of amides is 4. The summed E-state index contributed by atoms with van der Waals surface area (Å²) in [6.45, 7) is 0.248. The zero-order chi connectivity index (χ0) is 19.0. The van der Waals surface area contributed by atoms with Gasteiger partial charge in [0.05, 0.1) is 0 Å². The molecule has 3 heterocycles. The molecule has 1 aromatic heterocycles. The Balaban J connectivity index is 1.52. The normalized spacial score (nSPS) is 18.9. The molecule has 0 saturated carbocycles. The van der Waals surface area contributed by atoms with Crippen molar-refractivity contribution in [2.45, 2.75) is 25.4 Å². The maximum Gasteiger partial charge on any atom is 0.274 e. The topological polar surface area (TPSA) is 121 Å². The number of hydrogen-bond donors (Lipinski definition) is 2. The van der Waals surface area contributed by atoms with Crippen LogP contribution in [0.25, 0.3) is 0 Å². The van der Waals surface area contributed by atoms with Crippen molar-refractivity contribution in [1.82, 2.24) is 20.2 Å². The minimum Gasteiger partial charge on any atom is -0.322 e. The van der Waals surface area contributed by atoms with Crippen LogP contribution in [-0.2, 0) is 16.1 Å². The highest BCUT2D eigenvalue weighted by atomic mass is 16.2. The smallest absolute Gasteiger partial charge is 0.274 e. The van der Waals surface area contributed by atoms with Crippen LogP contribution in [0, 0.1) is 0 Å². The number of nitrogens with one attached hydrogen (secondary N) is 2. The Bertz CT molecular complexity index is 959. The fraction of sp³-hybridized carbons (Fsp3) is 0.222. The molecule has 0 bridgehead atoms. The van der Waals surface area contributed by atoms with Gasteiger partial charge in [-0.15, -0.1) is 0 Å². The minimum atomic E-state index is -0.665. The molecule has 9 nitrogen and oxygen atoms in total. The molecule has 1 fully saturated rings. The predicted octanol–water partition coefficient (Wildman–Crippen LogP) is 0.490. The largest absolute Gasteiger partial charge is 0.322 e. The van der Waals surface area contributed by atoms with E-state index < -0.39 is 11.9 Å². The van der Waals surface area contributed by atoms with Crippen LogP contribution in [0.4, 0.5) is 5.69 Å². The number of aromatic nitrogens is 2. The summed E-state index contributed by atoms with van der Waals surface area (Å²) in [5.41, 5.74) is 1.95. The minimum absolute atomic E-state index is 0.205. The molecule has 4 amide bonds. The summed E-state index contributed by atoms with van der Waals surface area (Å²) in [6, 6.07) is 5.79. The van der Waals surface area contributed by atoms with E-state index in [1.807, 2.05) is 0 Å². The zero-order valence-electron chi connectivity index (χ0n) is 14.1. The summed E-state index contributed by atoms with van der Waals surface area (Å²) >= 11 is 0. The van der Waals surface area contributed by atoms with Crippen molar-refractivity contribution in [1.29, 1.82) is 0 Å². The van der Waals surface area contributed by atoms with Gasteiger partial charge in [0.25, 0.3) is 11.8 Å². The van der Waals surface area contributed by atoms with Gasteiger partial charge in [0.15, 0.2) is 0 Å². The fourth-order valence-electron chi connectivity index (χ4n) is 3.27. The van der Waals surface area contributed by atoms with Crippen LogP contribution in [0.1, 0.15) is 39.3 Å². The Morgan fingerprint density at radius 2 is 2.07 bits per heavy atom. The van der Waals surface area contributed by atoms with Gasteiger partial charge in [-0.2, -0.15) is 0 Å². The van der Waals surface area contributed by atoms with E-state index >= 15 is 0 Å². The van der Waals surface area contributed by atoms with E-state index in [2.05, 4.69) is 20.6 Å². The lowest BCUT2D eigenvalue weighted by Gasteiger charge is -2.29. The van der Waals surface area contributed by atoms with E-state index in [4.69, 9.17) is 0 Å². The van der Waals surface area contributed by atoms with Gasteiger partial charge in [0.2, 0.25) is 11.8 Å². The number of nitrogens with zero attached hydrogens (tertiary/aromatic N) is 3. The van der Waals surface area contributed by atoms with Crippen molar-refractivity contribution in [2.75, 3.05) is 5.32 Å². The molecule has 1 unspecified atom stereocenters. The SMILES string of the molecule is O=C1CCC(N2Cc3cc(NC(=O)c4ccncn4)ccc3C2=O)C(=O)N1. The Labute approximate surface area is 153 Å². The second-order valence-electron chi connectivity index (χ2n) is 6.32. The van der Waals surface area contributed by atoms with Gasteiger partial charge in [0.1, 0.15) is 18.1 Å². The van der Waals surface area contributed by atoms with Crippen molar-refractivity contribution in [3.63, 3.8) is 0 Å². The molecule has 9 heteroatoms. The van der Waals surface area contributed by atoms with Gasteiger partial charge >= 0.3 is 0 Å². The number of hydrogen-bond acceptors (Lipinski definition) is 6. The molecule has 1 aromatic carbocycles. The maximum atomic E-state index is 12.6. The Morgan fingerprint density at radius 3 is 2.81 bits per heavy atom. The molecule has 0 aliphatic carbocycles. The molecule has 1 atom stereocenters. The van der Waals surface area contributed by atoms with E-state index in [0.717, 1.165) is 0 Å². The fourth-order valence-corrected chi connectivity index (χ4v) is 3.27. The van der Waals surface area contributed by atoms with Crippen molar-refractivity contribution in [2.24, 2.45) is 0 Å². The molecule has 4 rings (SSSR count). The van der Waals surface area contributed by atoms with Gasteiger partial charge in [-0.25, -0.2) is 9.97 Å². The second-order valence-corrected chi connectivity index (χ2v) is 6.32. The zero-order valence-corrected chi connectivity index (χ0v) is 14.1. The Kier molecular flexibility index (Phi) is 4.11. The van der Waals surface area contributed by atoms with Crippen LogP contribution in [0.2, 0.25) is 0 Å². The van der Waals surface area contributed by atoms with Crippen molar-refractivity contribution in [3.8, 4) is 0 Å². The monoisotopic (exact) mass is 365 g/mol. The number of benzene rings is 1. The number of piperidine rings is 1. The molecule has 2 N–H and O–H groups in total. The first-order valence-corrected chi connectivity index (χ1v) is 8.38. The van der Waals surface area contributed by atoms with E-state index in [0.29, 0.717) is 23.2 Å². The lowest BCUT2D eigenvalue weighted by atomic mass is 10.0. The summed E-state index contributed by atoms with van der Waals surface area (Å²) in [5, 5.41) is 5.00. The Morgan fingerprint density at radius 1 is 1.22 bits per heavy atom. The van der Waals surface area contributed by atoms with Gasteiger partial charge in [-0.1, -0.05) is 0 Å². The summed E-state index contributed by atoms with van der Waals surface area (Å²) in [7, 11) is 0. The summed E-state index contributed by atoms with van der Waals surface area (Å²) in [5.74, 6) is -1.42. The maximum absolute atomic E-state index is 12.6. The molecular formula is C18H15N5O4. The number of anilines is 1. The molecule has 136 valence electrons. The first-order valence-electron chi connectivity index (χ1n) is 8.38. The third-order valence-electron chi connectivity index (χ3n) is 4.60. The van der Waals surface area contributed by atoms with Crippen LogP contribution in [0.3, 0.4) is 0 Å². The van der Waals surface area contributed by atoms with E-state index in [-0.39, 0.29) is 36.4 Å². The standard InChI is InChI=1S/C18H15N5O4/c24-15-4-3-14(17(26)22-15)23-8-10-7-11(1-2-12(10)18(23)27)21-16(25)13-5-6-19-9-20-13/h1-2,5-7,9,14H,3-4,8H2,(H,21,25)(H,22,24,26). The number of imide groups is 1. The van der Waals surface area contributed by atoms with Crippen molar-refractivity contribution < 1.29 is 19.2 Å². The quantitative estimate of drug-likeness (QED) is 0.764. The predicted molar refractivity (Wildman–Crippen MR) is 92.5 cm³/mol. The highest BCUT2D eigenvalue weighted by molar-refractivity contribution is 6.06. The molecule has 27 heavy (non-hydrogen) atoms. The van der Waals surface area contributed by atoms with Crippen LogP contribution in [0.5, 0.6) is 0 Å². The first-order chi connectivity index (χ1) is 13.0. The van der Waals surface area contributed by atoms with Crippen LogP contribution in [-0.4, -0.2) is 44.5 Å². The van der Waals surface area contributed by atoms with Crippen molar-refractivity contribution in [3.05, 3.63) is 53.6 Å². The highest BCUT2D eigenvalue weighted by Gasteiger charge is 2.39. The molecule has 0 spiro atoms. The highest BCUT2D eigenvalue weighted by Crippen LogP contribution is 2.29. The summed E-state index contributed by atoms with van der Waals surface area (Å²) in [6.07, 6.45) is 3.27. The average Bonchev–Trinajstić information content (AvgIpc) is 2.98. The molecule has 2 aliphatic rings. The Hall–Kier alpha value is -3.62. The number of fused-ring (bicyclic) bond motifs is 1. The lowest BCUT2D eigenvalue weighted by molar-refractivity contribution is -0.136. The van der Waals surface area contributed by atoms with Crippen LogP contribution in [0.15, 0.2) is 36.8 Å². The molecule has 1 saturated heterocycles. The van der Waals surface area contributed by atoms with Gasteiger partial charge in [0, 0.05) is 30.4 Å². The van der Waals surface area contributed by atoms with Gasteiger partial charge < -0.3 is 10.2 Å². The molecule has 2 aliphatic heterocycles. The van der Waals surface area contributed by atoms with E-state index in [1.165, 1.54) is 23.5 Å². The third kappa shape index (κ3) is 3.14. The molecular weight excluding hydrogens is 350 g/mol. The van der Waals surface area contributed by atoms with Crippen LogP contribution < -0.4 is 10.6 Å². The molecule has 0 radical (unpaired) electrons. The van der Waals surface area contributed by atoms with Crippen molar-refractivity contribution >= 4 is 29.3 Å². The van der Waals surface area contributed by atoms with E-state index in [1.54, 1.807) is 18.2 Å². The first kappa shape index (κ1) is 16.8. The second kappa shape index (κ2) is 6.60. The number of carbonyl (C=O) groups excluding carboxylic acids is 4. The summed E-state index contributed by atoms with van der Waals surface area (Å²) < 4.78 is 0. The molecule has 2 aromatic rings. The van der Waals surface area contributed by atoms with Gasteiger partial charge in [-0.05, 0) is 36.2 Å². The van der Waals surface area contributed by atoms with Gasteiger partial charge in [-0.3, -0.25) is 24.5 Å². The van der Waals surface area contributed by atoms with E-state index in [9.17, 15) is 19.2 Å².